The molecule has 0 saturated heterocycles. The summed E-state index contributed by atoms with van der Waals surface area (Å²) in [6.07, 6.45) is 1.71. The molecular formula is C11H9F2NO. The molecule has 0 bridgehead atoms. The summed E-state index contributed by atoms with van der Waals surface area (Å²) in [5.74, 6) is -0.650. The fourth-order valence-corrected chi connectivity index (χ4v) is 1.33. The quantitative estimate of drug-likeness (QED) is 0.760. The molecule has 1 aromatic carbocycles. The van der Waals surface area contributed by atoms with Gasteiger partial charge in [0.2, 0.25) is 0 Å². The van der Waals surface area contributed by atoms with Gasteiger partial charge in [-0.15, -0.1) is 0 Å². The summed E-state index contributed by atoms with van der Waals surface area (Å²) in [6, 6.07) is 4.06. The number of oxazole rings is 1. The van der Waals surface area contributed by atoms with E-state index < -0.39 is 11.6 Å². The third kappa shape index (κ3) is 2.03. The maximum Gasteiger partial charge on any atom is 0.198 e. The van der Waals surface area contributed by atoms with Crippen LogP contribution in [-0.4, -0.2) is 4.98 Å². The lowest BCUT2D eigenvalue weighted by atomic mass is 10.1. The van der Waals surface area contributed by atoms with Gasteiger partial charge in [-0.3, -0.25) is 0 Å². The Labute approximate surface area is 85.6 Å². The summed E-state index contributed by atoms with van der Waals surface area (Å²) in [5, 5.41) is 0. The van der Waals surface area contributed by atoms with Gasteiger partial charge in [0, 0.05) is 5.56 Å². The normalized spacial score (nSPS) is 10.6. The van der Waals surface area contributed by atoms with E-state index in [4.69, 9.17) is 4.42 Å². The molecule has 0 N–H and O–H groups in total. The van der Waals surface area contributed by atoms with E-state index in [9.17, 15) is 8.78 Å². The molecule has 1 aromatic heterocycles. The van der Waals surface area contributed by atoms with E-state index >= 15 is 0 Å². The molecule has 2 nitrogen and oxygen atoms in total. The minimum absolute atomic E-state index is 0.164. The highest BCUT2D eigenvalue weighted by molar-refractivity contribution is 5.21. The predicted octanol–water partition coefficient (Wildman–Crippen LogP) is 2.85. The largest absolute Gasteiger partial charge is 0.446 e. The van der Waals surface area contributed by atoms with Crippen molar-refractivity contribution < 1.29 is 13.2 Å². The van der Waals surface area contributed by atoms with Gasteiger partial charge in [0.15, 0.2) is 17.5 Å². The Bertz CT molecular complexity index is 479. The minimum atomic E-state index is -0.851. The fourth-order valence-electron chi connectivity index (χ4n) is 1.33. The van der Waals surface area contributed by atoms with Crippen molar-refractivity contribution in [2.45, 2.75) is 13.3 Å². The van der Waals surface area contributed by atoms with Crippen LogP contribution in [0.2, 0.25) is 0 Å². The van der Waals surface area contributed by atoms with Crippen LogP contribution in [-0.2, 0) is 6.42 Å². The van der Waals surface area contributed by atoms with E-state index in [1.165, 1.54) is 12.1 Å². The van der Waals surface area contributed by atoms with Crippen molar-refractivity contribution in [2.24, 2.45) is 0 Å². The lowest BCUT2D eigenvalue weighted by Gasteiger charge is -2.00. The van der Waals surface area contributed by atoms with Gasteiger partial charge in [0.25, 0.3) is 0 Å². The molecule has 0 atom stereocenters. The topological polar surface area (TPSA) is 26.0 Å². The Morgan fingerprint density at radius 3 is 2.80 bits per heavy atom. The smallest absolute Gasteiger partial charge is 0.198 e. The molecular weight excluding hydrogens is 200 g/mol. The van der Waals surface area contributed by atoms with E-state index in [0.717, 1.165) is 6.07 Å². The lowest BCUT2D eigenvalue weighted by Crippen LogP contribution is -1.95. The van der Waals surface area contributed by atoms with Gasteiger partial charge in [-0.2, -0.15) is 0 Å². The van der Waals surface area contributed by atoms with Crippen molar-refractivity contribution in [2.75, 3.05) is 0 Å². The number of aryl methyl sites for hydroxylation is 1. The molecule has 4 heteroatoms. The third-order valence-corrected chi connectivity index (χ3v) is 2.04. The molecule has 2 rings (SSSR count). The Balaban J connectivity index is 2.28. The molecule has 0 radical (unpaired) electrons. The molecule has 0 aliphatic rings. The summed E-state index contributed by atoms with van der Waals surface area (Å²) >= 11 is 0. The molecule has 15 heavy (non-hydrogen) atoms. The highest BCUT2D eigenvalue weighted by atomic mass is 19.2. The highest BCUT2D eigenvalue weighted by Crippen LogP contribution is 2.15. The number of nitrogens with zero attached hydrogens (tertiary/aromatic N) is 1. The van der Waals surface area contributed by atoms with Crippen LogP contribution in [0.1, 0.15) is 17.2 Å². The molecule has 0 aliphatic carbocycles. The SMILES string of the molecule is Cc1cnc(Cc2cccc(F)c2F)o1. The van der Waals surface area contributed by atoms with Crippen LogP contribution < -0.4 is 0 Å². The molecule has 0 aliphatic heterocycles. The van der Waals surface area contributed by atoms with Crippen molar-refractivity contribution in [3.05, 3.63) is 53.2 Å². The van der Waals surface area contributed by atoms with Crippen LogP contribution >= 0.6 is 0 Å². The minimum Gasteiger partial charge on any atom is -0.446 e. The van der Waals surface area contributed by atoms with E-state index in [-0.39, 0.29) is 12.0 Å². The predicted molar refractivity (Wildman–Crippen MR) is 50.4 cm³/mol. The van der Waals surface area contributed by atoms with E-state index in [0.29, 0.717) is 11.7 Å². The van der Waals surface area contributed by atoms with E-state index in [1.807, 2.05) is 0 Å². The first-order chi connectivity index (χ1) is 7.16. The Kier molecular flexibility index (Phi) is 2.49. The average Bonchev–Trinajstić information content (AvgIpc) is 2.59. The zero-order chi connectivity index (χ0) is 10.8. The number of hydrogen-bond acceptors (Lipinski definition) is 2. The number of hydrogen-bond donors (Lipinski definition) is 0. The number of aromatic nitrogens is 1. The Morgan fingerprint density at radius 1 is 1.33 bits per heavy atom. The van der Waals surface area contributed by atoms with Crippen molar-refractivity contribution in [3.63, 3.8) is 0 Å². The first-order valence-corrected chi connectivity index (χ1v) is 4.51. The Morgan fingerprint density at radius 2 is 2.13 bits per heavy atom. The third-order valence-electron chi connectivity index (χ3n) is 2.04. The highest BCUT2D eigenvalue weighted by Gasteiger charge is 2.10. The first-order valence-electron chi connectivity index (χ1n) is 4.51. The molecule has 0 amide bonds. The van der Waals surface area contributed by atoms with Crippen LogP contribution in [0.15, 0.2) is 28.8 Å². The summed E-state index contributed by atoms with van der Waals surface area (Å²) in [5.41, 5.74) is 0.247. The molecule has 0 spiro atoms. The molecule has 2 aromatic rings. The monoisotopic (exact) mass is 209 g/mol. The van der Waals surface area contributed by atoms with Crippen LogP contribution in [0, 0.1) is 18.6 Å². The van der Waals surface area contributed by atoms with E-state index in [1.54, 1.807) is 13.1 Å². The maximum atomic E-state index is 13.2. The molecule has 1 heterocycles. The summed E-state index contributed by atoms with van der Waals surface area (Å²) in [7, 11) is 0. The molecule has 0 fully saturated rings. The van der Waals surface area contributed by atoms with Crippen LogP contribution in [0.3, 0.4) is 0 Å². The second-order valence-corrected chi connectivity index (χ2v) is 3.25. The number of rotatable bonds is 2. The maximum absolute atomic E-state index is 13.2. The summed E-state index contributed by atoms with van der Waals surface area (Å²) < 4.78 is 31.3. The van der Waals surface area contributed by atoms with Gasteiger partial charge < -0.3 is 4.42 Å². The van der Waals surface area contributed by atoms with Crippen LogP contribution in [0.25, 0.3) is 0 Å². The van der Waals surface area contributed by atoms with Crippen LogP contribution in [0.5, 0.6) is 0 Å². The van der Waals surface area contributed by atoms with Crippen molar-refractivity contribution >= 4 is 0 Å². The van der Waals surface area contributed by atoms with Crippen molar-refractivity contribution in [3.8, 4) is 0 Å². The van der Waals surface area contributed by atoms with Gasteiger partial charge >= 0.3 is 0 Å². The zero-order valence-electron chi connectivity index (χ0n) is 8.13. The van der Waals surface area contributed by atoms with Gasteiger partial charge in [0.05, 0.1) is 12.6 Å². The van der Waals surface area contributed by atoms with Crippen LogP contribution in [0.4, 0.5) is 8.78 Å². The molecule has 0 saturated carbocycles. The molecule has 0 unspecified atom stereocenters. The fraction of sp³-hybridized carbons (Fsp3) is 0.182. The number of benzene rings is 1. The van der Waals surface area contributed by atoms with E-state index in [2.05, 4.69) is 4.98 Å². The van der Waals surface area contributed by atoms with Gasteiger partial charge in [0.1, 0.15) is 5.76 Å². The van der Waals surface area contributed by atoms with Gasteiger partial charge in [-0.25, -0.2) is 13.8 Å². The standard InChI is InChI=1S/C11H9F2NO/c1-7-6-14-10(15-7)5-8-3-2-4-9(12)11(8)13/h2-4,6H,5H2,1H3. The number of halogens is 2. The average molecular weight is 209 g/mol. The molecule has 78 valence electrons. The Hall–Kier alpha value is -1.71. The van der Waals surface area contributed by atoms with Gasteiger partial charge in [-0.1, -0.05) is 12.1 Å². The zero-order valence-corrected chi connectivity index (χ0v) is 8.13. The second-order valence-electron chi connectivity index (χ2n) is 3.25. The van der Waals surface area contributed by atoms with Gasteiger partial charge in [-0.05, 0) is 13.0 Å². The van der Waals surface area contributed by atoms with Crippen molar-refractivity contribution in [1.29, 1.82) is 0 Å². The van der Waals surface area contributed by atoms with Crippen molar-refractivity contribution in [1.82, 2.24) is 4.98 Å². The summed E-state index contributed by atoms with van der Waals surface area (Å²) in [6.45, 7) is 1.75. The second kappa shape index (κ2) is 3.81. The first kappa shape index (κ1) is 9.83. The lowest BCUT2D eigenvalue weighted by molar-refractivity contribution is 0.468. The summed E-state index contributed by atoms with van der Waals surface area (Å²) in [4.78, 5) is 3.93.